The Bertz CT molecular complexity index is 711. The number of aryl methyl sites for hydroxylation is 1. The number of carbonyl (C=O) groups is 2. The molecule has 8 heteroatoms. The fourth-order valence-corrected chi connectivity index (χ4v) is 2.28. The molecule has 1 aliphatic rings. The smallest absolute Gasteiger partial charge is 0.314 e. The molecule has 1 aliphatic heterocycles. The molecule has 2 heterocycles. The van der Waals surface area contributed by atoms with E-state index in [2.05, 4.69) is 10.1 Å². The van der Waals surface area contributed by atoms with E-state index in [4.69, 9.17) is 14.6 Å². The number of fused-ring (bicyclic) bond motifs is 1. The molecule has 2 aromatic rings. The molecule has 1 aromatic carbocycles. The van der Waals surface area contributed by atoms with Crippen molar-refractivity contribution >= 4 is 12.4 Å². The van der Waals surface area contributed by atoms with Crippen molar-refractivity contribution in [1.29, 1.82) is 0 Å². The van der Waals surface area contributed by atoms with Crippen LogP contribution in [0.3, 0.4) is 0 Å². The summed E-state index contributed by atoms with van der Waals surface area (Å²) in [6.07, 6.45) is 0. The van der Waals surface area contributed by atoms with E-state index in [1.54, 1.807) is 30.8 Å². The van der Waals surface area contributed by atoms with Crippen LogP contribution >= 0.6 is 0 Å². The summed E-state index contributed by atoms with van der Waals surface area (Å²) < 4.78 is 6.68. The Morgan fingerprint density at radius 3 is 2.64 bits per heavy atom. The van der Waals surface area contributed by atoms with Crippen molar-refractivity contribution < 1.29 is 19.4 Å². The molecule has 0 aliphatic carbocycles. The average Bonchev–Trinajstić information content (AvgIpc) is 3.00. The summed E-state index contributed by atoms with van der Waals surface area (Å²) in [5.74, 6) is 0.664. The van der Waals surface area contributed by atoms with E-state index < -0.39 is 0 Å². The van der Waals surface area contributed by atoms with Gasteiger partial charge in [-0.3, -0.25) is 9.59 Å². The van der Waals surface area contributed by atoms with Gasteiger partial charge in [0.2, 0.25) is 0 Å². The predicted molar refractivity (Wildman–Crippen MR) is 77.5 cm³/mol. The van der Waals surface area contributed by atoms with Crippen molar-refractivity contribution in [2.45, 2.75) is 6.54 Å². The largest absolute Gasteiger partial charge is 0.483 e. The lowest BCUT2D eigenvalue weighted by molar-refractivity contribution is -0.122. The van der Waals surface area contributed by atoms with E-state index in [1.165, 1.54) is 0 Å². The molecule has 8 nitrogen and oxygen atoms in total. The minimum Gasteiger partial charge on any atom is -0.483 e. The van der Waals surface area contributed by atoms with Gasteiger partial charge in [-0.2, -0.15) is 4.98 Å². The first-order chi connectivity index (χ1) is 10.5. The number of hydrogen-bond donors (Lipinski definition) is 1. The van der Waals surface area contributed by atoms with Gasteiger partial charge in [-0.25, -0.2) is 4.68 Å². The topological polar surface area (TPSA) is 97.5 Å². The van der Waals surface area contributed by atoms with Crippen LogP contribution in [0.25, 0.3) is 11.4 Å². The first-order valence-electron chi connectivity index (χ1n) is 6.43. The molecule has 0 saturated heterocycles. The Hall–Kier alpha value is -2.90. The molecule has 1 N–H and O–H groups in total. The maximum atomic E-state index is 11.8. The third-order valence-electron chi connectivity index (χ3n) is 3.25. The van der Waals surface area contributed by atoms with Gasteiger partial charge in [0.15, 0.2) is 5.82 Å². The van der Waals surface area contributed by atoms with Crippen LogP contribution < -0.4 is 4.74 Å². The van der Waals surface area contributed by atoms with Crippen molar-refractivity contribution in [3.8, 4) is 17.4 Å². The molecular weight excluding hydrogens is 288 g/mol. The summed E-state index contributed by atoms with van der Waals surface area (Å²) in [5.41, 5.74) is 2.66. The Balaban J connectivity index is 0.000000545. The quantitative estimate of drug-likeness (QED) is 0.823. The van der Waals surface area contributed by atoms with Crippen LogP contribution in [0.2, 0.25) is 0 Å². The zero-order chi connectivity index (χ0) is 16.3. The number of hydrogen-bond acceptors (Lipinski definition) is 5. The predicted octanol–water partition coefficient (Wildman–Crippen LogP) is 0.777. The lowest BCUT2D eigenvalue weighted by Crippen LogP contribution is -2.17. The van der Waals surface area contributed by atoms with Crippen LogP contribution in [0.4, 0.5) is 0 Å². The molecular formula is C14H16N4O4. The van der Waals surface area contributed by atoms with Gasteiger partial charge >= 0.3 is 6.01 Å². The van der Waals surface area contributed by atoms with Crippen molar-refractivity contribution in [2.24, 2.45) is 7.05 Å². The zero-order valence-corrected chi connectivity index (χ0v) is 12.5. The highest BCUT2D eigenvalue weighted by atomic mass is 16.5. The Morgan fingerprint density at radius 2 is 2.05 bits per heavy atom. The maximum absolute atomic E-state index is 11.8. The Labute approximate surface area is 126 Å². The SMILES string of the molecule is COc1nc(-c2ccc3c(c2)CN(C)C3=O)nn1C.O=CO. The van der Waals surface area contributed by atoms with Crippen LogP contribution in [0.15, 0.2) is 18.2 Å². The second-order valence-corrected chi connectivity index (χ2v) is 4.68. The molecule has 0 saturated carbocycles. The minimum absolute atomic E-state index is 0.0631. The number of methoxy groups -OCH3 is 1. The number of carboxylic acid groups (broad SMARTS) is 1. The number of nitrogens with zero attached hydrogens (tertiary/aromatic N) is 4. The number of aromatic nitrogens is 3. The van der Waals surface area contributed by atoms with Crippen LogP contribution in [-0.4, -0.2) is 51.3 Å². The summed E-state index contributed by atoms with van der Waals surface area (Å²) in [7, 11) is 5.13. The summed E-state index contributed by atoms with van der Waals surface area (Å²) in [6.45, 7) is 0.381. The van der Waals surface area contributed by atoms with E-state index >= 15 is 0 Å². The van der Waals surface area contributed by atoms with Gasteiger partial charge < -0.3 is 14.7 Å². The first kappa shape index (κ1) is 15.5. The maximum Gasteiger partial charge on any atom is 0.314 e. The van der Waals surface area contributed by atoms with E-state index in [1.807, 2.05) is 18.2 Å². The van der Waals surface area contributed by atoms with Crippen molar-refractivity contribution in [3.63, 3.8) is 0 Å². The fourth-order valence-electron chi connectivity index (χ4n) is 2.28. The standard InChI is InChI=1S/C13H14N4O2.CH2O2/c1-16-7-9-6-8(4-5-10(9)12(16)18)11-14-13(19-3)17(2)15-11;2-1-3/h4-6H,7H2,1-3H3;1H,(H,2,3). The summed E-state index contributed by atoms with van der Waals surface area (Å²) in [4.78, 5) is 26.2. The number of amides is 1. The van der Waals surface area contributed by atoms with E-state index in [0.717, 1.165) is 16.7 Å². The Morgan fingerprint density at radius 1 is 1.36 bits per heavy atom. The molecule has 0 spiro atoms. The second-order valence-electron chi connectivity index (χ2n) is 4.68. The molecule has 0 fully saturated rings. The third-order valence-corrected chi connectivity index (χ3v) is 3.25. The number of rotatable bonds is 2. The average molecular weight is 304 g/mol. The van der Waals surface area contributed by atoms with Crippen LogP contribution in [0.1, 0.15) is 15.9 Å². The number of ether oxygens (including phenoxy) is 1. The van der Waals surface area contributed by atoms with Crippen LogP contribution in [0, 0.1) is 0 Å². The third kappa shape index (κ3) is 2.76. The van der Waals surface area contributed by atoms with E-state index in [-0.39, 0.29) is 12.4 Å². The summed E-state index contributed by atoms with van der Waals surface area (Å²) >= 11 is 0. The molecule has 22 heavy (non-hydrogen) atoms. The lowest BCUT2D eigenvalue weighted by Gasteiger charge is -2.04. The monoisotopic (exact) mass is 304 g/mol. The van der Waals surface area contributed by atoms with Gasteiger partial charge in [-0.05, 0) is 17.7 Å². The second kappa shape index (κ2) is 6.25. The molecule has 1 aromatic heterocycles. The van der Waals surface area contributed by atoms with Crippen LogP contribution in [0.5, 0.6) is 6.01 Å². The molecule has 116 valence electrons. The fraction of sp³-hybridized carbons (Fsp3) is 0.286. The summed E-state index contributed by atoms with van der Waals surface area (Å²) in [6, 6.07) is 6.12. The van der Waals surface area contributed by atoms with Crippen molar-refractivity contribution in [2.75, 3.05) is 14.2 Å². The molecule has 0 radical (unpaired) electrons. The van der Waals surface area contributed by atoms with Gasteiger partial charge in [0.1, 0.15) is 0 Å². The highest BCUT2D eigenvalue weighted by molar-refractivity contribution is 5.98. The van der Waals surface area contributed by atoms with E-state index in [0.29, 0.717) is 18.4 Å². The molecule has 0 atom stereocenters. The zero-order valence-electron chi connectivity index (χ0n) is 12.5. The van der Waals surface area contributed by atoms with Gasteiger partial charge in [-0.15, -0.1) is 5.10 Å². The van der Waals surface area contributed by atoms with Gasteiger partial charge in [0.05, 0.1) is 7.11 Å². The van der Waals surface area contributed by atoms with Gasteiger partial charge in [-0.1, -0.05) is 6.07 Å². The van der Waals surface area contributed by atoms with Crippen molar-refractivity contribution in [1.82, 2.24) is 19.7 Å². The van der Waals surface area contributed by atoms with E-state index in [9.17, 15) is 4.79 Å². The molecule has 1 amide bonds. The van der Waals surface area contributed by atoms with Gasteiger partial charge in [0, 0.05) is 31.8 Å². The van der Waals surface area contributed by atoms with Crippen molar-refractivity contribution in [3.05, 3.63) is 29.3 Å². The van der Waals surface area contributed by atoms with Gasteiger partial charge in [0.25, 0.3) is 12.4 Å². The highest BCUT2D eigenvalue weighted by Crippen LogP contribution is 2.27. The Kier molecular flexibility index (Phi) is 4.40. The first-order valence-corrected chi connectivity index (χ1v) is 6.43. The molecule has 0 unspecified atom stereocenters. The van der Waals surface area contributed by atoms with Crippen LogP contribution in [-0.2, 0) is 18.4 Å². The molecule has 0 bridgehead atoms. The normalized spacial score (nSPS) is 12.5. The molecule has 3 rings (SSSR count). The lowest BCUT2D eigenvalue weighted by atomic mass is 10.1. The minimum atomic E-state index is -0.250. The number of carbonyl (C=O) groups excluding carboxylic acids is 1. The summed E-state index contributed by atoms with van der Waals surface area (Å²) in [5, 5.41) is 11.2. The highest BCUT2D eigenvalue weighted by Gasteiger charge is 2.25. The number of benzene rings is 1.